The van der Waals surface area contributed by atoms with E-state index in [2.05, 4.69) is 17.6 Å². The van der Waals surface area contributed by atoms with E-state index in [4.69, 9.17) is 5.73 Å². The molecule has 3 aliphatic carbocycles. The van der Waals surface area contributed by atoms with Crippen molar-refractivity contribution in [1.82, 2.24) is 10.6 Å². The van der Waals surface area contributed by atoms with Gasteiger partial charge in [0, 0.05) is 17.6 Å². The molecule has 0 spiro atoms. The van der Waals surface area contributed by atoms with Crippen LogP contribution in [-0.4, -0.2) is 23.7 Å². The quantitative estimate of drug-likeness (QED) is 0.581. The molecule has 0 aromatic rings. The molecule has 3 saturated carbocycles. The summed E-state index contributed by atoms with van der Waals surface area (Å²) in [5.74, 6) is 0. The van der Waals surface area contributed by atoms with Crippen molar-refractivity contribution in [2.45, 2.75) is 50.1 Å². The van der Waals surface area contributed by atoms with Crippen molar-refractivity contribution in [3.8, 4) is 0 Å². The Bertz CT molecular complexity index is 232. The Morgan fingerprint density at radius 1 is 1.43 bits per heavy atom. The summed E-state index contributed by atoms with van der Waals surface area (Å²) in [6.45, 7) is 2.88. The third kappa shape index (κ3) is 1.59. The van der Waals surface area contributed by atoms with Crippen molar-refractivity contribution in [1.29, 1.82) is 0 Å². The molecule has 0 heterocycles. The average Bonchev–Trinajstić information content (AvgIpc) is 2.00. The van der Waals surface area contributed by atoms with Crippen LogP contribution >= 0.6 is 0 Å². The molecule has 3 fully saturated rings. The molecule has 0 unspecified atom stereocenters. The Hall–Kier alpha value is -0.770. The Balaban J connectivity index is 1.64. The van der Waals surface area contributed by atoms with Gasteiger partial charge in [0.25, 0.3) is 0 Å². The van der Waals surface area contributed by atoms with Crippen LogP contribution in [0.3, 0.4) is 0 Å². The third-order valence-corrected chi connectivity index (χ3v) is 3.27. The fraction of sp³-hybridized carbons (Fsp3) is 0.900. The van der Waals surface area contributed by atoms with Gasteiger partial charge in [0.2, 0.25) is 0 Å². The van der Waals surface area contributed by atoms with E-state index in [1.165, 1.54) is 0 Å². The highest BCUT2D eigenvalue weighted by Crippen LogP contribution is 2.58. The van der Waals surface area contributed by atoms with Crippen molar-refractivity contribution in [2.24, 2.45) is 5.73 Å². The third-order valence-electron chi connectivity index (χ3n) is 3.27. The number of carbonyl (C=O) groups excluding carboxylic acids is 1. The molecule has 0 saturated heterocycles. The van der Waals surface area contributed by atoms with E-state index in [-0.39, 0.29) is 17.1 Å². The average molecular weight is 197 g/mol. The van der Waals surface area contributed by atoms with E-state index < -0.39 is 0 Å². The summed E-state index contributed by atoms with van der Waals surface area (Å²) in [5, 5.41) is 5.87. The van der Waals surface area contributed by atoms with Gasteiger partial charge in [0.1, 0.15) is 0 Å². The number of amides is 2. The van der Waals surface area contributed by atoms with Gasteiger partial charge < -0.3 is 16.4 Å². The number of hydrogen-bond donors (Lipinski definition) is 3. The Labute approximate surface area is 84.6 Å². The summed E-state index contributed by atoms with van der Waals surface area (Å²) in [7, 11) is 0. The summed E-state index contributed by atoms with van der Waals surface area (Å²) in [6, 6.07) is -0.0276. The van der Waals surface area contributed by atoms with Crippen LogP contribution < -0.4 is 16.4 Å². The second kappa shape index (κ2) is 3.12. The lowest BCUT2D eigenvalue weighted by Crippen LogP contribution is -2.82. The van der Waals surface area contributed by atoms with Crippen LogP contribution in [0, 0.1) is 0 Å². The second-order valence-corrected chi connectivity index (χ2v) is 4.91. The van der Waals surface area contributed by atoms with E-state index in [9.17, 15) is 4.79 Å². The van der Waals surface area contributed by atoms with Crippen LogP contribution in [0.5, 0.6) is 0 Å². The van der Waals surface area contributed by atoms with Gasteiger partial charge in [-0.3, -0.25) is 0 Å². The number of urea groups is 1. The molecule has 3 rings (SSSR count). The molecule has 80 valence electrons. The van der Waals surface area contributed by atoms with E-state index in [1.807, 2.05) is 0 Å². The number of carbonyl (C=O) groups is 1. The number of rotatable bonds is 4. The number of nitrogens with one attached hydrogen (secondary N) is 2. The van der Waals surface area contributed by atoms with Crippen molar-refractivity contribution in [3.63, 3.8) is 0 Å². The highest BCUT2D eigenvalue weighted by Gasteiger charge is 2.66. The topological polar surface area (TPSA) is 67.2 Å². The maximum absolute atomic E-state index is 11.4. The van der Waals surface area contributed by atoms with Crippen molar-refractivity contribution < 1.29 is 4.79 Å². The van der Waals surface area contributed by atoms with Gasteiger partial charge in [0.15, 0.2) is 0 Å². The highest BCUT2D eigenvalue weighted by atomic mass is 16.2. The fourth-order valence-electron chi connectivity index (χ4n) is 2.66. The van der Waals surface area contributed by atoms with Gasteiger partial charge in [-0.25, -0.2) is 4.79 Å². The standard InChI is InChI=1S/C10H19N3O/c1-2-3-4-12-8(14)13-10-5-9(11,6-10)7-10/h2-7,11H2,1H3,(H2,12,13,14). The molecule has 0 atom stereocenters. The molecule has 4 heteroatoms. The first-order chi connectivity index (χ1) is 6.58. The molecule has 2 amide bonds. The molecule has 4 nitrogen and oxygen atoms in total. The highest BCUT2D eigenvalue weighted by molar-refractivity contribution is 5.75. The lowest BCUT2D eigenvalue weighted by Gasteiger charge is -2.68. The zero-order valence-electron chi connectivity index (χ0n) is 8.73. The summed E-state index contributed by atoms with van der Waals surface area (Å²) in [4.78, 5) is 11.4. The Kier molecular flexibility index (Phi) is 2.18. The molecule has 0 aromatic heterocycles. The van der Waals surface area contributed by atoms with Crippen LogP contribution in [0.1, 0.15) is 39.0 Å². The van der Waals surface area contributed by atoms with Crippen LogP contribution in [-0.2, 0) is 0 Å². The summed E-state index contributed by atoms with van der Waals surface area (Å²) < 4.78 is 0. The minimum absolute atomic E-state index is 0.0276. The maximum Gasteiger partial charge on any atom is 0.315 e. The molecule has 0 aromatic carbocycles. The number of hydrogen-bond acceptors (Lipinski definition) is 2. The molecule has 14 heavy (non-hydrogen) atoms. The SMILES string of the molecule is CCCCNC(=O)NC12CC(N)(C1)C2. The Morgan fingerprint density at radius 3 is 2.57 bits per heavy atom. The molecular weight excluding hydrogens is 178 g/mol. The van der Waals surface area contributed by atoms with Gasteiger partial charge in [-0.2, -0.15) is 0 Å². The number of nitrogens with two attached hydrogens (primary N) is 1. The summed E-state index contributed by atoms with van der Waals surface area (Å²) in [6.07, 6.45) is 5.03. The Morgan fingerprint density at radius 2 is 2.07 bits per heavy atom. The lowest BCUT2D eigenvalue weighted by atomic mass is 9.45. The van der Waals surface area contributed by atoms with Crippen molar-refractivity contribution in [3.05, 3.63) is 0 Å². The van der Waals surface area contributed by atoms with Gasteiger partial charge in [-0.1, -0.05) is 13.3 Å². The van der Waals surface area contributed by atoms with E-state index in [0.717, 1.165) is 38.6 Å². The first-order valence-corrected chi connectivity index (χ1v) is 5.42. The first kappa shape index (κ1) is 9.77. The normalized spacial score (nSPS) is 38.1. The zero-order chi connectivity index (χ0) is 10.2. The number of unbranched alkanes of at least 4 members (excludes halogenated alkanes) is 1. The fourth-order valence-corrected chi connectivity index (χ4v) is 2.66. The predicted molar refractivity (Wildman–Crippen MR) is 54.9 cm³/mol. The van der Waals surface area contributed by atoms with Crippen molar-refractivity contribution >= 4 is 6.03 Å². The zero-order valence-corrected chi connectivity index (χ0v) is 8.73. The predicted octanol–water partition coefficient (Wildman–Crippen LogP) is 0.719. The van der Waals surface area contributed by atoms with Crippen LogP contribution in [0.4, 0.5) is 4.79 Å². The van der Waals surface area contributed by atoms with Gasteiger partial charge in [-0.05, 0) is 25.7 Å². The maximum atomic E-state index is 11.4. The molecule has 4 N–H and O–H groups in total. The largest absolute Gasteiger partial charge is 0.338 e. The molecule has 3 aliphatic rings. The molecular formula is C10H19N3O. The molecule has 0 aliphatic heterocycles. The second-order valence-electron chi connectivity index (χ2n) is 4.91. The van der Waals surface area contributed by atoms with E-state index in [0.29, 0.717) is 0 Å². The van der Waals surface area contributed by atoms with Crippen LogP contribution in [0.15, 0.2) is 0 Å². The van der Waals surface area contributed by atoms with E-state index in [1.54, 1.807) is 0 Å². The smallest absolute Gasteiger partial charge is 0.315 e. The van der Waals surface area contributed by atoms with Gasteiger partial charge >= 0.3 is 6.03 Å². The lowest BCUT2D eigenvalue weighted by molar-refractivity contribution is -0.0689. The summed E-state index contributed by atoms with van der Waals surface area (Å²) >= 11 is 0. The van der Waals surface area contributed by atoms with Gasteiger partial charge in [-0.15, -0.1) is 0 Å². The van der Waals surface area contributed by atoms with Crippen molar-refractivity contribution in [2.75, 3.05) is 6.54 Å². The van der Waals surface area contributed by atoms with Gasteiger partial charge in [0.05, 0.1) is 0 Å². The molecule has 0 radical (unpaired) electrons. The minimum Gasteiger partial charge on any atom is -0.338 e. The van der Waals surface area contributed by atoms with E-state index >= 15 is 0 Å². The minimum atomic E-state index is -0.0276. The summed E-state index contributed by atoms with van der Waals surface area (Å²) in [5.41, 5.74) is 6.03. The first-order valence-electron chi connectivity index (χ1n) is 5.42. The molecule has 2 bridgehead atoms. The van der Waals surface area contributed by atoms with Crippen LogP contribution in [0.25, 0.3) is 0 Å². The van der Waals surface area contributed by atoms with Crippen LogP contribution in [0.2, 0.25) is 0 Å². The monoisotopic (exact) mass is 197 g/mol.